The van der Waals surface area contributed by atoms with Crippen LogP contribution in [-0.4, -0.2) is 62.4 Å². The number of ether oxygens (including phenoxy) is 1. The van der Waals surface area contributed by atoms with Gasteiger partial charge in [0.15, 0.2) is 0 Å². The monoisotopic (exact) mass is 436 g/mol. The molecule has 0 saturated carbocycles. The number of hydrogen-bond acceptors (Lipinski definition) is 7. The smallest absolute Gasteiger partial charge is 0.507 e. The zero-order valence-electron chi connectivity index (χ0n) is 16.9. The highest BCUT2D eigenvalue weighted by molar-refractivity contribution is 5.93. The van der Waals surface area contributed by atoms with E-state index in [1.165, 1.54) is 6.07 Å². The van der Waals surface area contributed by atoms with E-state index in [0.29, 0.717) is 29.5 Å². The van der Waals surface area contributed by atoms with E-state index in [1.807, 2.05) is 0 Å². The third-order valence-corrected chi connectivity index (χ3v) is 5.43. The molecule has 3 N–H and O–H groups in total. The number of aromatic amines is 1. The number of phenols is 1. The molecule has 1 fully saturated rings. The highest BCUT2D eigenvalue weighted by Crippen LogP contribution is 2.36. The number of phenolic OH excluding ortho intramolecular Hbond substituents is 1. The number of nitrogens with one attached hydrogen (secondary N) is 2. The highest BCUT2D eigenvalue weighted by Gasteiger charge is 2.31. The number of piperidine rings is 1. The van der Waals surface area contributed by atoms with Crippen molar-refractivity contribution < 1.29 is 23.0 Å². The zero-order chi connectivity index (χ0) is 22.0. The normalized spacial score (nSPS) is 17.9. The molecule has 166 valence electrons. The van der Waals surface area contributed by atoms with Crippen LogP contribution in [0.3, 0.4) is 0 Å². The van der Waals surface area contributed by atoms with Gasteiger partial charge in [0, 0.05) is 36.1 Å². The van der Waals surface area contributed by atoms with Crippen LogP contribution < -0.4 is 10.1 Å². The molecule has 0 radical (unpaired) electrons. The standard InChI is InChI=1S/C20H23F3N6O2/c1-2-29-7-3-4-12(11-29)24-10-16-15-9-25-27-19(15)18(28-26-16)14-6-5-13(8-17(14)30)31-20(21,22)23/h5-6,8-9,12,24,30H,2-4,7,10-11H2,1H3,(H,25,27)/t12-/m0/s1. The van der Waals surface area contributed by atoms with Gasteiger partial charge in [0.2, 0.25) is 0 Å². The molecule has 0 spiro atoms. The molecule has 0 bridgehead atoms. The summed E-state index contributed by atoms with van der Waals surface area (Å²) in [6.07, 6.45) is -0.977. The number of H-pyrrole nitrogens is 1. The van der Waals surface area contributed by atoms with Crippen LogP contribution in [0.5, 0.6) is 11.5 Å². The van der Waals surface area contributed by atoms with E-state index in [0.717, 1.165) is 50.0 Å². The number of likely N-dealkylation sites (N-methyl/N-ethyl adjacent to an activating group) is 1. The van der Waals surface area contributed by atoms with Crippen LogP contribution in [0, 0.1) is 0 Å². The SMILES string of the molecule is CCN1CCC[C@H](NCc2nnc(-c3ccc(OC(F)(F)F)cc3O)c3[nH]ncc23)C1. The van der Waals surface area contributed by atoms with Crippen molar-refractivity contribution in [2.75, 3.05) is 19.6 Å². The molecule has 0 amide bonds. The topological polar surface area (TPSA) is 99.2 Å². The van der Waals surface area contributed by atoms with Crippen molar-refractivity contribution >= 4 is 10.9 Å². The van der Waals surface area contributed by atoms with E-state index in [1.54, 1.807) is 6.20 Å². The third-order valence-electron chi connectivity index (χ3n) is 5.43. The van der Waals surface area contributed by atoms with Gasteiger partial charge in [0.1, 0.15) is 17.2 Å². The van der Waals surface area contributed by atoms with E-state index in [9.17, 15) is 18.3 Å². The minimum Gasteiger partial charge on any atom is -0.507 e. The Kier molecular flexibility index (Phi) is 5.96. The van der Waals surface area contributed by atoms with Crippen molar-refractivity contribution in [1.29, 1.82) is 0 Å². The molecule has 1 aliphatic rings. The summed E-state index contributed by atoms with van der Waals surface area (Å²) in [6.45, 7) is 5.78. The number of likely N-dealkylation sites (tertiary alicyclic amines) is 1. The predicted molar refractivity (Wildman–Crippen MR) is 107 cm³/mol. The molecule has 11 heteroatoms. The van der Waals surface area contributed by atoms with Crippen LogP contribution in [0.4, 0.5) is 13.2 Å². The lowest BCUT2D eigenvalue weighted by molar-refractivity contribution is -0.274. The number of aromatic nitrogens is 4. The van der Waals surface area contributed by atoms with Crippen LogP contribution in [0.2, 0.25) is 0 Å². The van der Waals surface area contributed by atoms with Gasteiger partial charge in [-0.15, -0.1) is 18.3 Å². The van der Waals surface area contributed by atoms with Gasteiger partial charge in [-0.3, -0.25) is 5.10 Å². The molecular weight excluding hydrogens is 413 g/mol. The summed E-state index contributed by atoms with van der Waals surface area (Å²) in [7, 11) is 0. The van der Waals surface area contributed by atoms with Gasteiger partial charge in [0.25, 0.3) is 0 Å². The maximum Gasteiger partial charge on any atom is 0.573 e. The number of rotatable bonds is 6. The Morgan fingerprint density at radius 2 is 2.16 bits per heavy atom. The van der Waals surface area contributed by atoms with Gasteiger partial charge < -0.3 is 20.1 Å². The molecule has 0 unspecified atom stereocenters. The molecule has 8 nitrogen and oxygen atoms in total. The fourth-order valence-corrected chi connectivity index (χ4v) is 3.88. The van der Waals surface area contributed by atoms with Crippen LogP contribution >= 0.6 is 0 Å². The summed E-state index contributed by atoms with van der Waals surface area (Å²) in [5, 5.41) is 29.9. The first kappa shape index (κ1) is 21.3. The average Bonchev–Trinajstić information content (AvgIpc) is 3.22. The Bertz CT molecular complexity index is 1060. The summed E-state index contributed by atoms with van der Waals surface area (Å²) < 4.78 is 41.1. The Morgan fingerprint density at radius 3 is 2.90 bits per heavy atom. The van der Waals surface area contributed by atoms with Gasteiger partial charge in [-0.25, -0.2) is 0 Å². The van der Waals surface area contributed by atoms with E-state index in [4.69, 9.17) is 0 Å². The summed E-state index contributed by atoms with van der Waals surface area (Å²) in [6, 6.07) is 3.68. The molecule has 1 saturated heterocycles. The lowest BCUT2D eigenvalue weighted by Gasteiger charge is -2.32. The third kappa shape index (κ3) is 4.88. The van der Waals surface area contributed by atoms with Crippen LogP contribution in [0.1, 0.15) is 25.5 Å². The summed E-state index contributed by atoms with van der Waals surface area (Å²) >= 11 is 0. The molecule has 3 aromatic rings. The number of benzene rings is 1. The molecular formula is C20H23F3N6O2. The minimum atomic E-state index is -4.84. The van der Waals surface area contributed by atoms with Crippen molar-refractivity contribution in [1.82, 2.24) is 30.6 Å². The number of nitrogens with zero attached hydrogens (tertiary/aromatic N) is 4. The first-order chi connectivity index (χ1) is 14.8. The van der Waals surface area contributed by atoms with Crippen molar-refractivity contribution in [3.8, 4) is 22.8 Å². The zero-order valence-corrected chi connectivity index (χ0v) is 16.9. The van der Waals surface area contributed by atoms with Crippen molar-refractivity contribution in [3.05, 3.63) is 30.1 Å². The van der Waals surface area contributed by atoms with E-state index in [-0.39, 0.29) is 5.56 Å². The van der Waals surface area contributed by atoms with Gasteiger partial charge in [-0.1, -0.05) is 6.92 Å². The Balaban J connectivity index is 1.56. The maximum absolute atomic E-state index is 12.4. The van der Waals surface area contributed by atoms with Crippen molar-refractivity contribution in [2.45, 2.75) is 38.7 Å². The number of fused-ring (bicyclic) bond motifs is 1. The lowest BCUT2D eigenvalue weighted by atomic mass is 10.1. The number of hydrogen-bond donors (Lipinski definition) is 3. The molecule has 3 heterocycles. The molecule has 1 aromatic carbocycles. The second-order valence-corrected chi connectivity index (χ2v) is 7.49. The molecule has 31 heavy (non-hydrogen) atoms. The van der Waals surface area contributed by atoms with Gasteiger partial charge in [-0.05, 0) is 38.1 Å². The van der Waals surface area contributed by atoms with E-state index in [2.05, 4.69) is 42.3 Å². The fourth-order valence-electron chi connectivity index (χ4n) is 3.88. The first-order valence-electron chi connectivity index (χ1n) is 10.1. The van der Waals surface area contributed by atoms with E-state index >= 15 is 0 Å². The summed E-state index contributed by atoms with van der Waals surface area (Å²) in [5.74, 6) is -0.920. The molecule has 1 atom stereocenters. The van der Waals surface area contributed by atoms with E-state index < -0.39 is 17.9 Å². The molecule has 0 aliphatic carbocycles. The van der Waals surface area contributed by atoms with Crippen LogP contribution in [-0.2, 0) is 6.54 Å². The van der Waals surface area contributed by atoms with Gasteiger partial charge in [0.05, 0.1) is 17.4 Å². The number of halogens is 3. The summed E-state index contributed by atoms with van der Waals surface area (Å²) in [5.41, 5.74) is 1.77. The quantitative estimate of drug-likeness (QED) is 0.546. The molecule has 2 aromatic heterocycles. The second kappa shape index (κ2) is 8.67. The largest absolute Gasteiger partial charge is 0.573 e. The van der Waals surface area contributed by atoms with Crippen molar-refractivity contribution in [2.24, 2.45) is 0 Å². The lowest BCUT2D eigenvalue weighted by Crippen LogP contribution is -2.45. The fraction of sp³-hybridized carbons (Fsp3) is 0.450. The van der Waals surface area contributed by atoms with Gasteiger partial charge >= 0.3 is 6.36 Å². The predicted octanol–water partition coefficient (Wildman–Crippen LogP) is 3.20. The first-order valence-corrected chi connectivity index (χ1v) is 10.1. The molecule has 1 aliphatic heterocycles. The molecule has 4 rings (SSSR count). The van der Waals surface area contributed by atoms with Crippen molar-refractivity contribution in [3.63, 3.8) is 0 Å². The Hall–Kier alpha value is -2.92. The summed E-state index contributed by atoms with van der Waals surface area (Å²) in [4.78, 5) is 2.40. The Labute approximate surface area is 176 Å². The minimum absolute atomic E-state index is 0.224. The van der Waals surface area contributed by atoms with Crippen LogP contribution in [0.15, 0.2) is 24.4 Å². The maximum atomic E-state index is 12.4. The van der Waals surface area contributed by atoms with Crippen LogP contribution in [0.25, 0.3) is 22.2 Å². The highest BCUT2D eigenvalue weighted by atomic mass is 19.4. The number of alkyl halides is 3. The average molecular weight is 436 g/mol. The Morgan fingerprint density at radius 1 is 1.32 bits per heavy atom. The second-order valence-electron chi connectivity index (χ2n) is 7.49. The number of aromatic hydroxyl groups is 1. The van der Waals surface area contributed by atoms with Gasteiger partial charge in [-0.2, -0.15) is 10.2 Å².